The summed E-state index contributed by atoms with van der Waals surface area (Å²) in [6, 6.07) is 11.7. The van der Waals surface area contributed by atoms with Crippen molar-refractivity contribution in [3.63, 3.8) is 0 Å². The van der Waals surface area contributed by atoms with E-state index in [1.165, 1.54) is 5.56 Å². The topological polar surface area (TPSA) is 48.1 Å². The van der Waals surface area contributed by atoms with Crippen molar-refractivity contribution in [2.45, 2.75) is 26.3 Å². The molecule has 0 bridgehead atoms. The van der Waals surface area contributed by atoms with Crippen molar-refractivity contribution >= 4 is 0 Å². The van der Waals surface area contributed by atoms with Gasteiger partial charge in [-0.05, 0) is 43.2 Å². The Hall–Kier alpha value is -1.87. The van der Waals surface area contributed by atoms with Gasteiger partial charge >= 0.3 is 0 Å². The van der Waals surface area contributed by atoms with Gasteiger partial charge in [0.2, 0.25) is 0 Å². The molecule has 2 N–H and O–H groups in total. The van der Waals surface area contributed by atoms with E-state index < -0.39 is 0 Å². The molecule has 1 aromatic carbocycles. The first kappa shape index (κ1) is 12.6. The second kappa shape index (κ2) is 5.65. The monoisotopic (exact) mass is 242 g/mol. The number of rotatable bonds is 4. The van der Waals surface area contributed by atoms with Crippen molar-refractivity contribution in [2.24, 2.45) is 5.73 Å². The minimum atomic E-state index is -0.00183. The van der Waals surface area contributed by atoms with E-state index in [-0.39, 0.29) is 6.04 Å². The molecule has 0 aliphatic heterocycles. The second-order valence-corrected chi connectivity index (χ2v) is 4.35. The fraction of sp³-hybridized carbons (Fsp3) is 0.267. The molecule has 3 heteroatoms. The Balaban J connectivity index is 2.11. The number of pyridine rings is 1. The van der Waals surface area contributed by atoms with E-state index in [9.17, 15) is 0 Å². The molecule has 0 unspecified atom stereocenters. The number of benzene rings is 1. The van der Waals surface area contributed by atoms with Crippen LogP contribution in [0.25, 0.3) is 0 Å². The summed E-state index contributed by atoms with van der Waals surface area (Å²) in [6.07, 6.45) is 2.60. The Kier molecular flexibility index (Phi) is 3.95. The third-order valence-corrected chi connectivity index (χ3v) is 2.80. The van der Waals surface area contributed by atoms with Crippen molar-refractivity contribution in [2.75, 3.05) is 0 Å². The molecule has 2 rings (SSSR count). The number of hydrogen-bond acceptors (Lipinski definition) is 3. The van der Waals surface area contributed by atoms with Crippen LogP contribution in [0.3, 0.4) is 0 Å². The first-order valence-electron chi connectivity index (χ1n) is 6.15. The van der Waals surface area contributed by atoms with Gasteiger partial charge in [0.1, 0.15) is 11.5 Å². The molecule has 18 heavy (non-hydrogen) atoms. The molecule has 0 spiro atoms. The van der Waals surface area contributed by atoms with E-state index in [0.29, 0.717) is 0 Å². The number of ether oxygens (including phenoxy) is 1. The molecule has 0 saturated carbocycles. The van der Waals surface area contributed by atoms with E-state index in [2.05, 4.69) is 4.98 Å². The highest BCUT2D eigenvalue weighted by Gasteiger charge is 2.05. The quantitative estimate of drug-likeness (QED) is 0.891. The summed E-state index contributed by atoms with van der Waals surface area (Å²) in [4.78, 5) is 4.32. The Morgan fingerprint density at radius 2 is 2.06 bits per heavy atom. The summed E-state index contributed by atoms with van der Waals surface area (Å²) < 4.78 is 5.72. The van der Waals surface area contributed by atoms with E-state index in [1.54, 1.807) is 6.20 Å². The largest absolute Gasteiger partial charge is 0.456 e. The van der Waals surface area contributed by atoms with Gasteiger partial charge in [-0.1, -0.05) is 19.1 Å². The predicted octanol–water partition coefficient (Wildman–Crippen LogP) is 3.59. The Morgan fingerprint density at radius 1 is 1.22 bits per heavy atom. The first-order valence-corrected chi connectivity index (χ1v) is 6.15. The molecule has 0 saturated heterocycles. The lowest BCUT2D eigenvalue weighted by molar-refractivity contribution is 0.478. The molecule has 0 aliphatic rings. The molecule has 0 aliphatic carbocycles. The zero-order valence-electron chi connectivity index (χ0n) is 10.8. The zero-order chi connectivity index (χ0) is 13.0. The molecule has 1 atom stereocenters. The summed E-state index contributed by atoms with van der Waals surface area (Å²) in [6.45, 7) is 4.08. The van der Waals surface area contributed by atoms with Crippen LogP contribution in [-0.4, -0.2) is 4.98 Å². The van der Waals surface area contributed by atoms with Crippen LogP contribution in [0.4, 0.5) is 0 Å². The standard InChI is InChI=1S/C15H18N2O/c1-3-14(16)15-8-7-13(10-17-15)18-12-6-4-5-11(2)9-12/h4-10,14H,3,16H2,1-2H3/t14-/m1/s1. The predicted molar refractivity (Wildman–Crippen MR) is 72.7 cm³/mol. The Bertz CT molecular complexity index is 508. The first-order chi connectivity index (χ1) is 8.69. The summed E-state index contributed by atoms with van der Waals surface area (Å²) >= 11 is 0. The van der Waals surface area contributed by atoms with Gasteiger partial charge in [0.25, 0.3) is 0 Å². The van der Waals surface area contributed by atoms with Crippen LogP contribution in [0.15, 0.2) is 42.6 Å². The fourth-order valence-electron chi connectivity index (χ4n) is 1.70. The molecule has 94 valence electrons. The minimum Gasteiger partial charge on any atom is -0.456 e. The lowest BCUT2D eigenvalue weighted by Crippen LogP contribution is -2.10. The number of aryl methyl sites for hydroxylation is 1. The van der Waals surface area contributed by atoms with Gasteiger partial charge in [-0.3, -0.25) is 4.98 Å². The fourth-order valence-corrected chi connectivity index (χ4v) is 1.70. The third kappa shape index (κ3) is 3.08. The average Bonchev–Trinajstić information content (AvgIpc) is 2.39. The summed E-state index contributed by atoms with van der Waals surface area (Å²) in [5, 5.41) is 0. The normalized spacial score (nSPS) is 12.2. The van der Waals surface area contributed by atoms with Gasteiger partial charge in [0.05, 0.1) is 11.9 Å². The van der Waals surface area contributed by atoms with E-state index in [0.717, 1.165) is 23.6 Å². The van der Waals surface area contributed by atoms with Crippen LogP contribution < -0.4 is 10.5 Å². The van der Waals surface area contributed by atoms with Crippen LogP contribution in [0.1, 0.15) is 30.6 Å². The van der Waals surface area contributed by atoms with Crippen molar-refractivity contribution in [1.82, 2.24) is 4.98 Å². The van der Waals surface area contributed by atoms with Crippen molar-refractivity contribution in [3.05, 3.63) is 53.9 Å². The van der Waals surface area contributed by atoms with Crippen LogP contribution in [0.5, 0.6) is 11.5 Å². The number of nitrogens with zero attached hydrogens (tertiary/aromatic N) is 1. The van der Waals surface area contributed by atoms with E-state index >= 15 is 0 Å². The van der Waals surface area contributed by atoms with Crippen LogP contribution in [0, 0.1) is 6.92 Å². The zero-order valence-corrected chi connectivity index (χ0v) is 10.8. The van der Waals surface area contributed by atoms with Gasteiger partial charge < -0.3 is 10.5 Å². The summed E-state index contributed by atoms with van der Waals surface area (Å²) in [7, 11) is 0. The SMILES string of the molecule is CC[C@@H](N)c1ccc(Oc2cccc(C)c2)cn1. The van der Waals surface area contributed by atoms with Crippen molar-refractivity contribution in [3.8, 4) is 11.5 Å². The molecule has 0 radical (unpaired) electrons. The van der Waals surface area contributed by atoms with Gasteiger partial charge in [0, 0.05) is 6.04 Å². The molecule has 3 nitrogen and oxygen atoms in total. The molecular weight excluding hydrogens is 224 g/mol. The number of aromatic nitrogens is 1. The van der Waals surface area contributed by atoms with Gasteiger partial charge in [-0.2, -0.15) is 0 Å². The molecule has 0 amide bonds. The minimum absolute atomic E-state index is 0.00183. The maximum atomic E-state index is 5.91. The second-order valence-electron chi connectivity index (χ2n) is 4.35. The Labute approximate surface area is 108 Å². The summed E-state index contributed by atoms with van der Waals surface area (Å²) in [5.41, 5.74) is 7.98. The van der Waals surface area contributed by atoms with Gasteiger partial charge in [0.15, 0.2) is 0 Å². The highest BCUT2D eigenvalue weighted by Crippen LogP contribution is 2.22. The molecule has 1 aromatic heterocycles. The van der Waals surface area contributed by atoms with Crippen molar-refractivity contribution < 1.29 is 4.74 Å². The maximum absolute atomic E-state index is 5.91. The van der Waals surface area contributed by atoms with Crippen LogP contribution in [0.2, 0.25) is 0 Å². The smallest absolute Gasteiger partial charge is 0.145 e. The van der Waals surface area contributed by atoms with E-state index in [4.69, 9.17) is 10.5 Å². The van der Waals surface area contributed by atoms with Crippen LogP contribution in [-0.2, 0) is 0 Å². The molecule has 1 heterocycles. The van der Waals surface area contributed by atoms with Crippen molar-refractivity contribution in [1.29, 1.82) is 0 Å². The molecule has 2 aromatic rings. The lowest BCUT2D eigenvalue weighted by Gasteiger charge is -2.09. The number of nitrogens with two attached hydrogens (primary N) is 1. The average molecular weight is 242 g/mol. The Morgan fingerprint density at radius 3 is 2.67 bits per heavy atom. The molecule has 0 fully saturated rings. The van der Waals surface area contributed by atoms with Crippen LogP contribution >= 0.6 is 0 Å². The van der Waals surface area contributed by atoms with E-state index in [1.807, 2.05) is 50.2 Å². The van der Waals surface area contributed by atoms with Gasteiger partial charge in [-0.15, -0.1) is 0 Å². The third-order valence-electron chi connectivity index (χ3n) is 2.80. The molecular formula is C15H18N2O. The summed E-state index contributed by atoms with van der Waals surface area (Å²) in [5.74, 6) is 1.55. The number of hydrogen-bond donors (Lipinski definition) is 1. The highest BCUT2D eigenvalue weighted by molar-refractivity contribution is 5.32. The highest BCUT2D eigenvalue weighted by atomic mass is 16.5. The lowest BCUT2D eigenvalue weighted by atomic mass is 10.1. The maximum Gasteiger partial charge on any atom is 0.145 e. The van der Waals surface area contributed by atoms with Gasteiger partial charge in [-0.25, -0.2) is 0 Å².